The van der Waals surface area contributed by atoms with Crippen molar-refractivity contribution in [2.45, 2.75) is 13.8 Å². The monoisotopic (exact) mass is 308 g/mol. The Balaban J connectivity index is 3.25. The minimum Gasteiger partial charge on any atom is -0.504 e. The van der Waals surface area contributed by atoms with Gasteiger partial charge in [0.25, 0.3) is 0 Å². The first-order valence-electron chi connectivity index (χ1n) is 3.83. The van der Waals surface area contributed by atoms with Crippen molar-refractivity contribution < 1.29 is 19.7 Å². The van der Waals surface area contributed by atoms with Gasteiger partial charge in [0, 0.05) is 3.57 Å². The van der Waals surface area contributed by atoms with Gasteiger partial charge in [0.05, 0.1) is 0 Å². The van der Waals surface area contributed by atoms with Crippen LogP contribution in [0.25, 0.3) is 0 Å². The van der Waals surface area contributed by atoms with Crippen molar-refractivity contribution in [2.75, 3.05) is 0 Å². The van der Waals surface area contributed by atoms with Crippen molar-refractivity contribution in [1.29, 1.82) is 0 Å². The molecule has 0 saturated heterocycles. The Hall–Kier alpha value is -0.980. The molecule has 0 amide bonds. The number of hydrogen-bond donors (Lipinski definition) is 2. The van der Waals surface area contributed by atoms with Crippen LogP contribution in [-0.4, -0.2) is 16.4 Å². The van der Waals surface area contributed by atoms with E-state index in [1.807, 2.05) is 6.92 Å². The second kappa shape index (κ2) is 4.04. The number of carboxylic acid groups (broad SMARTS) is 1. The topological polar surface area (TPSA) is 66.8 Å². The summed E-state index contributed by atoms with van der Waals surface area (Å²) >= 11 is 2.05. The molecule has 0 aliphatic heterocycles. The van der Waals surface area contributed by atoms with Crippen LogP contribution in [0.4, 0.5) is 4.79 Å². The largest absolute Gasteiger partial charge is 0.511 e. The predicted octanol–water partition coefficient (Wildman–Crippen LogP) is 2.67. The smallest absolute Gasteiger partial charge is 0.504 e. The number of phenolic OH excluding ortho intramolecular Hbond substituents is 1. The lowest BCUT2D eigenvalue weighted by molar-refractivity contribution is 0.143. The SMILES string of the molecule is Cc1c(I)cc(OC(=O)O)c(O)c1C. The zero-order valence-corrected chi connectivity index (χ0v) is 9.82. The second-order valence-corrected chi connectivity index (χ2v) is 3.99. The Kier molecular flexibility index (Phi) is 3.20. The van der Waals surface area contributed by atoms with Crippen molar-refractivity contribution in [2.24, 2.45) is 0 Å². The standard InChI is InChI=1S/C9H9IO4/c1-4-5(2)8(11)7(3-6(4)10)14-9(12)13/h3,11H,1-2H3,(H,12,13). The fourth-order valence-corrected chi connectivity index (χ4v) is 1.69. The van der Waals surface area contributed by atoms with Crippen LogP contribution in [0.1, 0.15) is 11.1 Å². The molecule has 76 valence electrons. The van der Waals surface area contributed by atoms with Gasteiger partial charge in [-0.1, -0.05) is 0 Å². The number of aromatic hydroxyl groups is 1. The van der Waals surface area contributed by atoms with E-state index >= 15 is 0 Å². The third-order valence-corrected chi connectivity index (χ3v) is 3.08. The van der Waals surface area contributed by atoms with Gasteiger partial charge >= 0.3 is 6.16 Å². The molecule has 0 atom stereocenters. The first-order chi connectivity index (χ1) is 6.43. The Labute approximate surface area is 94.7 Å². The van der Waals surface area contributed by atoms with Gasteiger partial charge in [0.1, 0.15) is 0 Å². The molecule has 0 fully saturated rings. The lowest BCUT2D eigenvalue weighted by Crippen LogP contribution is -2.04. The normalized spacial score (nSPS) is 9.93. The highest BCUT2D eigenvalue weighted by Gasteiger charge is 2.13. The molecule has 0 aromatic heterocycles. The van der Waals surface area contributed by atoms with Crippen molar-refractivity contribution in [3.8, 4) is 11.5 Å². The third-order valence-electron chi connectivity index (χ3n) is 1.96. The van der Waals surface area contributed by atoms with E-state index < -0.39 is 6.16 Å². The average molecular weight is 308 g/mol. The number of halogens is 1. The van der Waals surface area contributed by atoms with Gasteiger partial charge < -0.3 is 14.9 Å². The van der Waals surface area contributed by atoms with Crippen LogP contribution < -0.4 is 4.74 Å². The van der Waals surface area contributed by atoms with E-state index in [9.17, 15) is 9.90 Å². The highest BCUT2D eigenvalue weighted by Crippen LogP contribution is 2.34. The Morgan fingerprint density at radius 1 is 1.43 bits per heavy atom. The summed E-state index contributed by atoms with van der Waals surface area (Å²) in [4.78, 5) is 10.3. The molecule has 0 spiro atoms. The maximum atomic E-state index is 10.3. The van der Waals surface area contributed by atoms with Crippen LogP contribution in [0.2, 0.25) is 0 Å². The highest BCUT2D eigenvalue weighted by atomic mass is 127. The Morgan fingerprint density at radius 3 is 2.50 bits per heavy atom. The second-order valence-electron chi connectivity index (χ2n) is 2.82. The fourth-order valence-electron chi connectivity index (χ4n) is 1.01. The third kappa shape index (κ3) is 2.09. The van der Waals surface area contributed by atoms with E-state index in [1.165, 1.54) is 6.07 Å². The molecule has 4 nitrogen and oxygen atoms in total. The maximum Gasteiger partial charge on any atom is 0.511 e. The number of benzene rings is 1. The quantitative estimate of drug-likeness (QED) is 0.475. The molecule has 0 aliphatic rings. The van der Waals surface area contributed by atoms with Crippen LogP contribution in [0.3, 0.4) is 0 Å². The molecule has 5 heteroatoms. The van der Waals surface area contributed by atoms with Crippen LogP contribution in [0, 0.1) is 17.4 Å². The highest BCUT2D eigenvalue weighted by molar-refractivity contribution is 14.1. The van der Waals surface area contributed by atoms with E-state index in [0.29, 0.717) is 5.56 Å². The molecule has 1 aromatic carbocycles. The zero-order valence-electron chi connectivity index (χ0n) is 7.67. The summed E-state index contributed by atoms with van der Waals surface area (Å²) in [6.45, 7) is 3.56. The molecule has 0 radical (unpaired) electrons. The summed E-state index contributed by atoms with van der Waals surface area (Å²) in [5, 5.41) is 18.0. The molecular weight excluding hydrogens is 299 g/mol. The molecular formula is C9H9IO4. The van der Waals surface area contributed by atoms with Crippen LogP contribution in [-0.2, 0) is 0 Å². The Bertz CT molecular complexity index is 387. The van der Waals surface area contributed by atoms with E-state index in [2.05, 4.69) is 27.3 Å². The Morgan fingerprint density at radius 2 is 2.00 bits per heavy atom. The molecule has 1 rings (SSSR count). The number of phenols is 1. The first-order valence-corrected chi connectivity index (χ1v) is 4.90. The number of ether oxygens (including phenoxy) is 1. The van der Waals surface area contributed by atoms with Gasteiger partial charge in [0.15, 0.2) is 11.5 Å². The molecule has 0 unspecified atom stereocenters. The summed E-state index contributed by atoms with van der Waals surface area (Å²) in [6, 6.07) is 1.49. The summed E-state index contributed by atoms with van der Waals surface area (Å²) in [5.74, 6) is -0.143. The van der Waals surface area contributed by atoms with Gasteiger partial charge in [-0.2, -0.15) is 0 Å². The van der Waals surface area contributed by atoms with E-state index in [4.69, 9.17) is 5.11 Å². The van der Waals surface area contributed by atoms with Crippen LogP contribution >= 0.6 is 22.6 Å². The summed E-state index contributed by atoms with van der Waals surface area (Å²) in [5.41, 5.74) is 1.55. The maximum absolute atomic E-state index is 10.3. The predicted molar refractivity (Wildman–Crippen MR) is 59.0 cm³/mol. The zero-order chi connectivity index (χ0) is 10.9. The minimum absolute atomic E-state index is 0.0231. The summed E-state index contributed by atoms with van der Waals surface area (Å²) < 4.78 is 5.28. The average Bonchev–Trinajstić information content (AvgIpc) is 2.10. The van der Waals surface area contributed by atoms with Gasteiger partial charge in [0.2, 0.25) is 0 Å². The van der Waals surface area contributed by atoms with Gasteiger partial charge in [-0.25, -0.2) is 4.79 Å². The number of rotatable bonds is 1. The molecule has 0 saturated carbocycles. The van der Waals surface area contributed by atoms with E-state index in [-0.39, 0.29) is 11.5 Å². The number of carbonyl (C=O) groups is 1. The van der Waals surface area contributed by atoms with Crippen molar-refractivity contribution in [1.82, 2.24) is 0 Å². The molecule has 1 aromatic rings. The minimum atomic E-state index is -1.43. The molecule has 14 heavy (non-hydrogen) atoms. The van der Waals surface area contributed by atoms with Gasteiger partial charge in [-0.15, -0.1) is 0 Å². The van der Waals surface area contributed by atoms with Gasteiger partial charge in [-0.3, -0.25) is 0 Å². The van der Waals surface area contributed by atoms with Crippen LogP contribution in [0.5, 0.6) is 11.5 Å². The van der Waals surface area contributed by atoms with Crippen molar-refractivity contribution in [3.05, 3.63) is 20.8 Å². The lowest BCUT2D eigenvalue weighted by Gasteiger charge is -2.09. The summed E-state index contributed by atoms with van der Waals surface area (Å²) in [7, 11) is 0. The lowest BCUT2D eigenvalue weighted by atomic mass is 10.1. The molecule has 2 N–H and O–H groups in total. The molecule has 0 bridgehead atoms. The molecule has 0 heterocycles. The molecule has 0 aliphatic carbocycles. The first kappa shape index (κ1) is 11.1. The fraction of sp³-hybridized carbons (Fsp3) is 0.222. The van der Waals surface area contributed by atoms with E-state index in [1.54, 1.807) is 6.92 Å². The van der Waals surface area contributed by atoms with Crippen molar-refractivity contribution in [3.63, 3.8) is 0 Å². The number of hydrogen-bond acceptors (Lipinski definition) is 3. The van der Waals surface area contributed by atoms with Crippen LogP contribution in [0.15, 0.2) is 6.07 Å². The van der Waals surface area contributed by atoms with E-state index in [0.717, 1.165) is 9.13 Å². The summed E-state index contributed by atoms with van der Waals surface area (Å²) in [6.07, 6.45) is -1.43. The van der Waals surface area contributed by atoms with Crippen molar-refractivity contribution >= 4 is 28.7 Å². The van der Waals surface area contributed by atoms with Gasteiger partial charge in [-0.05, 0) is 53.6 Å².